The lowest BCUT2D eigenvalue weighted by Gasteiger charge is -2.12. The smallest absolute Gasteiger partial charge is 0.132 e. The van der Waals surface area contributed by atoms with Crippen LogP contribution in [0.5, 0.6) is 11.5 Å². The Morgan fingerprint density at radius 1 is 0.824 bits per heavy atom. The van der Waals surface area contributed by atoms with Crippen molar-refractivity contribution >= 4 is 23.2 Å². The monoisotopic (exact) mass is 266 g/mol. The van der Waals surface area contributed by atoms with E-state index in [2.05, 4.69) is 0 Å². The van der Waals surface area contributed by atoms with E-state index < -0.39 is 0 Å². The summed E-state index contributed by atoms with van der Waals surface area (Å²) >= 11 is 11.8. The standard InChI is InChI=1S/C14H12Cl2O/c15-9-11-5-4-8-14(13(11)10-16)17-12-6-2-1-3-7-12/h1-8H,9-10H2. The molecule has 0 amide bonds. The summed E-state index contributed by atoms with van der Waals surface area (Å²) in [6.07, 6.45) is 0. The normalized spacial score (nSPS) is 10.2. The van der Waals surface area contributed by atoms with Crippen molar-refractivity contribution in [3.05, 3.63) is 59.7 Å². The first-order valence-corrected chi connectivity index (χ1v) is 6.37. The minimum atomic E-state index is 0.394. The molecule has 1 nitrogen and oxygen atoms in total. The van der Waals surface area contributed by atoms with E-state index >= 15 is 0 Å². The van der Waals surface area contributed by atoms with Crippen molar-refractivity contribution < 1.29 is 4.74 Å². The van der Waals surface area contributed by atoms with Crippen LogP contribution in [-0.2, 0) is 11.8 Å². The molecule has 0 spiro atoms. The molecule has 0 aliphatic carbocycles. The lowest BCUT2D eigenvalue weighted by Crippen LogP contribution is -1.94. The second-order valence-electron chi connectivity index (χ2n) is 3.58. The summed E-state index contributed by atoms with van der Waals surface area (Å²) in [5.74, 6) is 2.40. The summed E-state index contributed by atoms with van der Waals surface area (Å²) in [6.45, 7) is 0. The number of hydrogen-bond acceptors (Lipinski definition) is 1. The first-order chi connectivity index (χ1) is 8.35. The Balaban J connectivity index is 2.33. The highest BCUT2D eigenvalue weighted by atomic mass is 35.5. The first-order valence-electron chi connectivity index (χ1n) is 5.30. The number of halogens is 2. The lowest BCUT2D eigenvalue weighted by molar-refractivity contribution is 0.477. The van der Waals surface area contributed by atoms with Crippen LogP contribution in [0.25, 0.3) is 0 Å². The zero-order valence-electron chi connectivity index (χ0n) is 9.20. The number of hydrogen-bond donors (Lipinski definition) is 0. The Labute approximate surface area is 111 Å². The molecule has 0 saturated heterocycles. The third kappa shape index (κ3) is 2.93. The van der Waals surface area contributed by atoms with Gasteiger partial charge in [-0.1, -0.05) is 30.3 Å². The highest BCUT2D eigenvalue weighted by Gasteiger charge is 2.08. The number of alkyl halides is 2. The molecule has 2 aromatic rings. The van der Waals surface area contributed by atoms with Crippen LogP contribution in [0.15, 0.2) is 48.5 Å². The van der Waals surface area contributed by atoms with Crippen LogP contribution < -0.4 is 4.74 Å². The molecule has 0 saturated carbocycles. The molecule has 0 aromatic heterocycles. The Morgan fingerprint density at radius 2 is 1.59 bits per heavy atom. The summed E-state index contributed by atoms with van der Waals surface area (Å²) in [6, 6.07) is 15.4. The van der Waals surface area contributed by atoms with E-state index in [1.807, 2.05) is 48.5 Å². The number of benzene rings is 2. The summed E-state index contributed by atoms with van der Waals surface area (Å²) in [5, 5.41) is 0. The summed E-state index contributed by atoms with van der Waals surface area (Å²) in [5.41, 5.74) is 1.96. The van der Waals surface area contributed by atoms with Crippen molar-refractivity contribution in [2.75, 3.05) is 0 Å². The van der Waals surface area contributed by atoms with Crippen LogP contribution in [0.1, 0.15) is 11.1 Å². The maximum absolute atomic E-state index is 5.94. The van der Waals surface area contributed by atoms with E-state index in [0.29, 0.717) is 11.8 Å². The van der Waals surface area contributed by atoms with E-state index in [-0.39, 0.29) is 0 Å². The molecule has 0 fully saturated rings. The van der Waals surface area contributed by atoms with Crippen molar-refractivity contribution in [2.45, 2.75) is 11.8 Å². The van der Waals surface area contributed by atoms with Crippen molar-refractivity contribution in [1.29, 1.82) is 0 Å². The Hall–Kier alpha value is -1.18. The Morgan fingerprint density at radius 3 is 2.24 bits per heavy atom. The fourth-order valence-corrected chi connectivity index (χ4v) is 2.15. The van der Waals surface area contributed by atoms with Gasteiger partial charge in [0, 0.05) is 11.4 Å². The van der Waals surface area contributed by atoms with Gasteiger partial charge in [-0.05, 0) is 23.8 Å². The summed E-state index contributed by atoms with van der Waals surface area (Å²) in [4.78, 5) is 0. The van der Waals surface area contributed by atoms with Gasteiger partial charge < -0.3 is 4.74 Å². The van der Waals surface area contributed by atoms with Gasteiger partial charge in [0.1, 0.15) is 11.5 Å². The van der Waals surface area contributed by atoms with Crippen molar-refractivity contribution in [1.82, 2.24) is 0 Å². The summed E-state index contributed by atoms with van der Waals surface area (Å²) < 4.78 is 5.80. The molecule has 17 heavy (non-hydrogen) atoms. The molecule has 0 heterocycles. The quantitative estimate of drug-likeness (QED) is 0.711. The number of para-hydroxylation sites is 1. The van der Waals surface area contributed by atoms with Crippen LogP contribution in [-0.4, -0.2) is 0 Å². The fraction of sp³-hybridized carbons (Fsp3) is 0.143. The number of rotatable bonds is 4. The predicted octanol–water partition coefficient (Wildman–Crippen LogP) is 4.96. The molecule has 0 atom stereocenters. The van der Waals surface area contributed by atoms with E-state index in [1.165, 1.54) is 0 Å². The van der Waals surface area contributed by atoms with Crippen LogP contribution in [0, 0.1) is 0 Å². The highest BCUT2D eigenvalue weighted by Crippen LogP contribution is 2.29. The van der Waals surface area contributed by atoms with Crippen molar-refractivity contribution in [2.24, 2.45) is 0 Å². The predicted molar refractivity (Wildman–Crippen MR) is 72.1 cm³/mol. The molecular formula is C14H12Cl2O. The maximum atomic E-state index is 5.94. The minimum Gasteiger partial charge on any atom is -0.457 e. The molecular weight excluding hydrogens is 255 g/mol. The van der Waals surface area contributed by atoms with Gasteiger partial charge in [-0.15, -0.1) is 23.2 Å². The van der Waals surface area contributed by atoms with Crippen LogP contribution >= 0.6 is 23.2 Å². The molecule has 0 aliphatic rings. The zero-order chi connectivity index (χ0) is 12.1. The topological polar surface area (TPSA) is 9.23 Å². The van der Waals surface area contributed by atoms with Crippen LogP contribution in [0.3, 0.4) is 0 Å². The molecule has 0 unspecified atom stereocenters. The molecule has 2 aromatic carbocycles. The van der Waals surface area contributed by atoms with E-state index in [1.54, 1.807) is 0 Å². The maximum Gasteiger partial charge on any atom is 0.132 e. The Bertz CT molecular complexity index is 483. The summed E-state index contributed by atoms with van der Waals surface area (Å²) in [7, 11) is 0. The highest BCUT2D eigenvalue weighted by molar-refractivity contribution is 6.18. The van der Waals surface area contributed by atoms with Gasteiger partial charge >= 0.3 is 0 Å². The molecule has 0 bridgehead atoms. The third-order valence-electron chi connectivity index (χ3n) is 2.48. The van der Waals surface area contributed by atoms with Crippen LogP contribution in [0.4, 0.5) is 0 Å². The van der Waals surface area contributed by atoms with Gasteiger partial charge in [0.05, 0.1) is 5.88 Å². The van der Waals surface area contributed by atoms with Crippen molar-refractivity contribution in [3.63, 3.8) is 0 Å². The Kier molecular flexibility index (Phi) is 4.29. The van der Waals surface area contributed by atoms with Gasteiger partial charge in [0.25, 0.3) is 0 Å². The minimum absolute atomic E-state index is 0.394. The lowest BCUT2D eigenvalue weighted by atomic mass is 10.1. The van der Waals surface area contributed by atoms with E-state index in [4.69, 9.17) is 27.9 Å². The van der Waals surface area contributed by atoms with Gasteiger partial charge in [-0.3, -0.25) is 0 Å². The van der Waals surface area contributed by atoms with Gasteiger partial charge in [0.15, 0.2) is 0 Å². The molecule has 0 aliphatic heterocycles. The fourth-order valence-electron chi connectivity index (χ4n) is 1.60. The average molecular weight is 267 g/mol. The van der Waals surface area contributed by atoms with Gasteiger partial charge in [0.2, 0.25) is 0 Å². The molecule has 2 rings (SSSR count). The van der Waals surface area contributed by atoms with Crippen LogP contribution in [0.2, 0.25) is 0 Å². The number of ether oxygens (including phenoxy) is 1. The second-order valence-corrected chi connectivity index (χ2v) is 4.11. The average Bonchev–Trinajstić information content (AvgIpc) is 2.39. The molecule has 0 N–H and O–H groups in total. The second kappa shape index (κ2) is 5.95. The third-order valence-corrected chi connectivity index (χ3v) is 3.03. The first kappa shape index (κ1) is 12.3. The van der Waals surface area contributed by atoms with Gasteiger partial charge in [-0.2, -0.15) is 0 Å². The van der Waals surface area contributed by atoms with E-state index in [0.717, 1.165) is 22.6 Å². The largest absolute Gasteiger partial charge is 0.457 e. The van der Waals surface area contributed by atoms with Gasteiger partial charge in [-0.25, -0.2) is 0 Å². The van der Waals surface area contributed by atoms with E-state index in [9.17, 15) is 0 Å². The molecule has 3 heteroatoms. The molecule has 0 radical (unpaired) electrons. The SMILES string of the molecule is ClCc1cccc(Oc2ccccc2)c1CCl. The van der Waals surface area contributed by atoms with Crippen molar-refractivity contribution in [3.8, 4) is 11.5 Å². The zero-order valence-corrected chi connectivity index (χ0v) is 10.7. The molecule has 88 valence electrons.